The van der Waals surface area contributed by atoms with Crippen LogP contribution in [0.25, 0.3) is 0 Å². The van der Waals surface area contributed by atoms with E-state index in [1.165, 1.54) is 0 Å². The second kappa shape index (κ2) is 6.87. The monoisotopic (exact) mass is 324 g/mol. The van der Waals surface area contributed by atoms with Crippen molar-refractivity contribution in [2.24, 2.45) is 5.73 Å². The summed E-state index contributed by atoms with van der Waals surface area (Å²) in [6.07, 6.45) is 0. The SMILES string of the molecule is Cc1cc(Nc2ccccc2SC(F)F)ccc1C(N)=S. The number of thioether (sulfide) groups is 1. The van der Waals surface area contributed by atoms with Gasteiger partial charge in [0.15, 0.2) is 0 Å². The molecule has 0 amide bonds. The van der Waals surface area contributed by atoms with Crippen molar-refractivity contribution in [3.63, 3.8) is 0 Å². The number of rotatable bonds is 5. The molecule has 0 aliphatic rings. The van der Waals surface area contributed by atoms with Gasteiger partial charge in [0.25, 0.3) is 5.76 Å². The van der Waals surface area contributed by atoms with Gasteiger partial charge in [-0.25, -0.2) is 0 Å². The van der Waals surface area contributed by atoms with E-state index < -0.39 is 5.76 Å². The van der Waals surface area contributed by atoms with E-state index in [0.29, 0.717) is 27.3 Å². The number of nitrogens with two attached hydrogens (primary N) is 1. The second-order valence-electron chi connectivity index (χ2n) is 4.39. The molecule has 0 saturated heterocycles. The van der Waals surface area contributed by atoms with Crippen LogP contribution < -0.4 is 11.1 Å². The fourth-order valence-corrected chi connectivity index (χ4v) is 2.77. The third-order valence-corrected chi connectivity index (χ3v) is 3.88. The smallest absolute Gasteiger partial charge is 0.288 e. The van der Waals surface area contributed by atoms with Crippen LogP contribution in [-0.4, -0.2) is 10.7 Å². The minimum Gasteiger partial charge on any atom is -0.389 e. The van der Waals surface area contributed by atoms with Crippen molar-refractivity contribution >= 4 is 40.3 Å². The van der Waals surface area contributed by atoms with Gasteiger partial charge in [0, 0.05) is 16.1 Å². The molecule has 0 fully saturated rings. The highest BCUT2D eigenvalue weighted by Gasteiger charge is 2.10. The summed E-state index contributed by atoms with van der Waals surface area (Å²) in [5.41, 5.74) is 8.81. The predicted molar refractivity (Wildman–Crippen MR) is 88.7 cm³/mol. The molecule has 0 heterocycles. The molecule has 0 aliphatic carbocycles. The van der Waals surface area contributed by atoms with Gasteiger partial charge >= 0.3 is 0 Å². The zero-order chi connectivity index (χ0) is 15.4. The number of anilines is 2. The number of para-hydroxylation sites is 1. The molecule has 0 radical (unpaired) electrons. The van der Waals surface area contributed by atoms with E-state index in [9.17, 15) is 8.78 Å². The average Bonchev–Trinajstić information content (AvgIpc) is 2.40. The molecule has 0 bridgehead atoms. The standard InChI is InChI=1S/C15H14F2N2S2/c1-9-8-10(6-7-11(9)14(18)20)19-12-4-2-3-5-13(12)21-15(16)17/h2-8,15,19H,1H3,(H2,18,20). The summed E-state index contributed by atoms with van der Waals surface area (Å²) in [5.74, 6) is -2.45. The van der Waals surface area contributed by atoms with Crippen LogP contribution in [0, 0.1) is 6.92 Å². The number of halogens is 2. The second-order valence-corrected chi connectivity index (χ2v) is 5.87. The first kappa shape index (κ1) is 15.7. The Labute approximate surface area is 131 Å². The Morgan fingerprint density at radius 2 is 1.95 bits per heavy atom. The molecule has 0 atom stereocenters. The normalized spacial score (nSPS) is 10.7. The van der Waals surface area contributed by atoms with E-state index in [2.05, 4.69) is 5.32 Å². The molecule has 2 nitrogen and oxygen atoms in total. The summed E-state index contributed by atoms with van der Waals surface area (Å²) in [6, 6.07) is 12.5. The number of benzene rings is 2. The van der Waals surface area contributed by atoms with Crippen molar-refractivity contribution < 1.29 is 8.78 Å². The van der Waals surface area contributed by atoms with Crippen molar-refractivity contribution in [2.45, 2.75) is 17.6 Å². The quantitative estimate of drug-likeness (QED) is 0.618. The summed E-state index contributed by atoms with van der Waals surface area (Å²) in [4.78, 5) is 0.844. The molecular weight excluding hydrogens is 310 g/mol. The molecule has 0 unspecified atom stereocenters. The fourth-order valence-electron chi connectivity index (χ4n) is 1.94. The van der Waals surface area contributed by atoms with Crippen LogP contribution in [-0.2, 0) is 0 Å². The summed E-state index contributed by atoms with van der Waals surface area (Å²) >= 11 is 5.48. The van der Waals surface area contributed by atoms with E-state index in [1.54, 1.807) is 24.3 Å². The molecule has 6 heteroatoms. The van der Waals surface area contributed by atoms with Crippen LogP contribution in [0.2, 0.25) is 0 Å². The number of alkyl halides is 2. The van der Waals surface area contributed by atoms with E-state index in [-0.39, 0.29) is 0 Å². The topological polar surface area (TPSA) is 38.0 Å². The lowest BCUT2D eigenvalue weighted by Crippen LogP contribution is -2.11. The molecule has 21 heavy (non-hydrogen) atoms. The maximum absolute atomic E-state index is 12.6. The molecule has 110 valence electrons. The number of thiocarbonyl (C=S) groups is 1. The highest BCUT2D eigenvalue weighted by Crippen LogP contribution is 2.33. The number of hydrogen-bond acceptors (Lipinski definition) is 3. The van der Waals surface area contributed by atoms with Gasteiger partial charge in [0.1, 0.15) is 4.99 Å². The summed E-state index contributed by atoms with van der Waals surface area (Å²) in [6.45, 7) is 1.90. The molecule has 3 N–H and O–H groups in total. The Morgan fingerprint density at radius 1 is 1.24 bits per heavy atom. The van der Waals surface area contributed by atoms with E-state index in [0.717, 1.165) is 16.8 Å². The van der Waals surface area contributed by atoms with Gasteiger partial charge in [-0.2, -0.15) is 8.78 Å². The zero-order valence-corrected chi connectivity index (χ0v) is 12.9. The first-order valence-corrected chi connectivity index (χ1v) is 7.47. The van der Waals surface area contributed by atoms with Gasteiger partial charge in [-0.3, -0.25) is 0 Å². The Bertz CT molecular complexity index is 660. The van der Waals surface area contributed by atoms with Crippen LogP contribution in [0.1, 0.15) is 11.1 Å². The third kappa shape index (κ3) is 4.15. The van der Waals surface area contributed by atoms with Gasteiger partial charge in [-0.1, -0.05) is 36.1 Å². The molecular formula is C15H14F2N2S2. The van der Waals surface area contributed by atoms with Crippen LogP contribution in [0.3, 0.4) is 0 Å². The van der Waals surface area contributed by atoms with Gasteiger partial charge in [-0.05, 0) is 42.8 Å². The van der Waals surface area contributed by atoms with Crippen molar-refractivity contribution in [2.75, 3.05) is 5.32 Å². The molecule has 2 aromatic carbocycles. The van der Waals surface area contributed by atoms with E-state index in [1.807, 2.05) is 25.1 Å². The van der Waals surface area contributed by atoms with Crippen LogP contribution in [0.4, 0.5) is 20.2 Å². The Morgan fingerprint density at radius 3 is 2.57 bits per heavy atom. The first-order valence-electron chi connectivity index (χ1n) is 6.18. The molecule has 0 aliphatic heterocycles. The van der Waals surface area contributed by atoms with E-state index in [4.69, 9.17) is 18.0 Å². The largest absolute Gasteiger partial charge is 0.389 e. The maximum atomic E-state index is 12.6. The highest BCUT2D eigenvalue weighted by atomic mass is 32.2. The number of aryl methyl sites for hydroxylation is 1. The fraction of sp³-hybridized carbons (Fsp3) is 0.133. The van der Waals surface area contributed by atoms with Crippen LogP contribution >= 0.6 is 24.0 Å². The van der Waals surface area contributed by atoms with Gasteiger partial charge in [0.05, 0.1) is 5.69 Å². The van der Waals surface area contributed by atoms with Crippen molar-refractivity contribution in [1.29, 1.82) is 0 Å². The molecule has 0 saturated carbocycles. The first-order chi connectivity index (χ1) is 9.97. The van der Waals surface area contributed by atoms with Crippen LogP contribution in [0.15, 0.2) is 47.4 Å². The minimum atomic E-state index is -2.45. The highest BCUT2D eigenvalue weighted by molar-refractivity contribution is 7.99. The lowest BCUT2D eigenvalue weighted by molar-refractivity contribution is 0.252. The van der Waals surface area contributed by atoms with Gasteiger partial charge in [-0.15, -0.1) is 0 Å². The molecule has 2 aromatic rings. The number of nitrogens with one attached hydrogen (secondary N) is 1. The van der Waals surface area contributed by atoms with Gasteiger partial charge < -0.3 is 11.1 Å². The Hall–Kier alpha value is -1.66. The Kier molecular flexibility index (Phi) is 5.14. The van der Waals surface area contributed by atoms with Crippen molar-refractivity contribution in [1.82, 2.24) is 0 Å². The zero-order valence-electron chi connectivity index (χ0n) is 11.3. The molecule has 2 rings (SSSR count). The summed E-state index contributed by atoms with van der Waals surface area (Å²) in [7, 11) is 0. The van der Waals surface area contributed by atoms with Crippen molar-refractivity contribution in [3.8, 4) is 0 Å². The summed E-state index contributed by atoms with van der Waals surface area (Å²) < 4.78 is 25.1. The lowest BCUT2D eigenvalue weighted by atomic mass is 10.1. The van der Waals surface area contributed by atoms with Crippen molar-refractivity contribution in [3.05, 3.63) is 53.6 Å². The average molecular weight is 324 g/mol. The Balaban J connectivity index is 2.26. The van der Waals surface area contributed by atoms with Gasteiger partial charge in [0.2, 0.25) is 0 Å². The molecule has 0 spiro atoms. The lowest BCUT2D eigenvalue weighted by Gasteiger charge is -2.13. The maximum Gasteiger partial charge on any atom is 0.288 e. The summed E-state index contributed by atoms with van der Waals surface area (Å²) in [5, 5.41) is 3.15. The third-order valence-electron chi connectivity index (χ3n) is 2.87. The van der Waals surface area contributed by atoms with Crippen LogP contribution in [0.5, 0.6) is 0 Å². The number of hydrogen-bond donors (Lipinski definition) is 2. The minimum absolute atomic E-state index is 0.340. The van der Waals surface area contributed by atoms with E-state index >= 15 is 0 Å². The molecule has 0 aromatic heterocycles. The predicted octanol–water partition coefficient (Wildman–Crippen LogP) is 4.69.